The number of hydrogen-bond acceptors (Lipinski definition) is 2. The quantitative estimate of drug-likeness (QED) is 0.0927. The number of aryl methyl sites for hydroxylation is 1. The molecule has 58 heavy (non-hydrogen) atoms. The van der Waals surface area contributed by atoms with Crippen LogP contribution in [0.1, 0.15) is 83.2 Å². The van der Waals surface area contributed by atoms with Crippen LogP contribution in [0.4, 0.5) is 0 Å². The van der Waals surface area contributed by atoms with Gasteiger partial charge in [0, 0.05) is 25.3 Å². The third-order valence-electron chi connectivity index (χ3n) is 13.1. The van der Waals surface area contributed by atoms with Gasteiger partial charge in [0.2, 0.25) is 0 Å². The van der Waals surface area contributed by atoms with E-state index in [4.69, 9.17) is 32.1 Å². The summed E-state index contributed by atoms with van der Waals surface area (Å²) in [4.78, 5) is 0. The van der Waals surface area contributed by atoms with Gasteiger partial charge in [-0.15, -0.1) is 0 Å². The molecule has 0 fully saturated rings. The van der Waals surface area contributed by atoms with Gasteiger partial charge in [-0.2, -0.15) is 0 Å². The maximum Gasteiger partial charge on any atom is 0.194 e. The van der Waals surface area contributed by atoms with Crippen LogP contribution in [0.2, 0.25) is 46.3 Å². The minimum Gasteiger partial charge on any atom is -0.401 e. The molecular weight excluding hydrogens is 852 g/mol. The fourth-order valence-corrected chi connectivity index (χ4v) is 14.5. The van der Waals surface area contributed by atoms with Crippen LogP contribution in [0.3, 0.4) is 0 Å². The molecule has 2 aliphatic carbocycles. The molecule has 0 aromatic heterocycles. The van der Waals surface area contributed by atoms with Crippen molar-refractivity contribution in [3.63, 3.8) is 0 Å². The van der Waals surface area contributed by atoms with Crippen LogP contribution in [0.5, 0.6) is 0 Å². The van der Waals surface area contributed by atoms with Crippen LogP contribution in [0, 0.1) is 6.92 Å². The highest BCUT2D eigenvalue weighted by Gasteiger charge is 2.43. The van der Waals surface area contributed by atoms with E-state index < -0.39 is 27.8 Å². The topological polar surface area (TPSA) is 18.5 Å². The normalized spacial score (nSPS) is 24.1. The molecule has 0 atom stereocenters. The Kier molecular flexibility index (Phi) is 15.4. The van der Waals surface area contributed by atoms with Crippen molar-refractivity contribution in [1.29, 1.82) is 0 Å². The zero-order valence-corrected chi connectivity index (χ0v) is 41.1. The average molecular weight is 915 g/mol. The van der Waals surface area contributed by atoms with Gasteiger partial charge in [0.05, 0.1) is 0 Å². The lowest BCUT2D eigenvalue weighted by atomic mass is 9.75. The summed E-state index contributed by atoms with van der Waals surface area (Å²) in [6.45, 7) is 20.3. The molecule has 4 aromatic rings. The smallest absolute Gasteiger partial charge is 0.194 e. The van der Waals surface area contributed by atoms with E-state index in [-0.39, 0.29) is 10.8 Å². The van der Waals surface area contributed by atoms with Crippen molar-refractivity contribution >= 4 is 55.8 Å². The van der Waals surface area contributed by atoms with Gasteiger partial charge in [-0.3, -0.25) is 0 Å². The summed E-state index contributed by atoms with van der Waals surface area (Å²) in [6, 6.07) is 40.4. The van der Waals surface area contributed by atoms with Gasteiger partial charge in [-0.25, -0.2) is 0 Å². The van der Waals surface area contributed by atoms with Gasteiger partial charge in [-0.1, -0.05) is 171 Å². The highest BCUT2D eigenvalue weighted by atomic mass is 79.9. The third kappa shape index (κ3) is 10.2. The van der Waals surface area contributed by atoms with Gasteiger partial charge >= 0.3 is 0 Å². The Labute approximate surface area is 370 Å². The van der Waals surface area contributed by atoms with Crippen molar-refractivity contribution in [3.8, 4) is 0 Å². The van der Waals surface area contributed by atoms with E-state index in [1.54, 1.807) is 0 Å². The van der Waals surface area contributed by atoms with Gasteiger partial charge in [-0.05, 0) is 140 Å². The molecule has 2 aliphatic rings. The first-order chi connectivity index (χ1) is 27.6. The second-order valence-electron chi connectivity index (χ2n) is 16.6. The molecule has 0 saturated carbocycles. The minimum absolute atomic E-state index is 0.170. The Morgan fingerprint density at radius 1 is 0.431 bits per heavy atom. The maximum atomic E-state index is 7.13. The average Bonchev–Trinajstić information content (AvgIpc) is 3.25. The largest absolute Gasteiger partial charge is 0.401 e. The molecule has 0 spiro atoms. The first kappa shape index (κ1) is 46.3. The fraction of sp³-hybridized carbons (Fsp3) is 0.373. The summed E-state index contributed by atoms with van der Waals surface area (Å²) in [5, 5.41) is 1.53. The number of benzene rings is 4. The van der Waals surface area contributed by atoms with Crippen molar-refractivity contribution in [2.45, 2.75) is 121 Å². The molecule has 0 unspecified atom stereocenters. The van der Waals surface area contributed by atoms with E-state index in [2.05, 4.69) is 200 Å². The summed E-state index contributed by atoms with van der Waals surface area (Å²) in [6.07, 6.45) is 18.3. The molecule has 0 N–H and O–H groups in total. The van der Waals surface area contributed by atoms with E-state index in [0.29, 0.717) is 0 Å². The number of halogens is 3. The number of rotatable bonds is 14. The molecule has 7 heteroatoms. The molecule has 2 nitrogen and oxygen atoms in total. The van der Waals surface area contributed by atoms with Crippen molar-refractivity contribution < 1.29 is 8.85 Å². The molecule has 4 aromatic carbocycles. The summed E-state index contributed by atoms with van der Waals surface area (Å²) in [5.74, 6) is 0. The van der Waals surface area contributed by atoms with E-state index in [1.807, 2.05) is 24.3 Å². The zero-order valence-electron chi connectivity index (χ0n) is 36.0. The van der Waals surface area contributed by atoms with E-state index in [0.717, 1.165) is 50.8 Å². The predicted octanol–water partition coefficient (Wildman–Crippen LogP) is 16.4. The van der Waals surface area contributed by atoms with Crippen LogP contribution in [0.15, 0.2) is 150 Å². The zero-order chi connectivity index (χ0) is 42.2. The van der Waals surface area contributed by atoms with Gasteiger partial charge in [0.15, 0.2) is 16.6 Å². The van der Waals surface area contributed by atoms with Crippen LogP contribution >= 0.6 is 39.1 Å². The molecule has 308 valence electrons. The summed E-state index contributed by atoms with van der Waals surface area (Å²) in [7, 11) is -3.66. The molecule has 6 rings (SSSR count). The number of hydrogen-bond donors (Lipinski definition) is 0. The Balaban J connectivity index is 0.000000221. The van der Waals surface area contributed by atoms with Gasteiger partial charge in [0.25, 0.3) is 0 Å². The van der Waals surface area contributed by atoms with Crippen molar-refractivity contribution in [1.82, 2.24) is 0 Å². The first-order valence-electron chi connectivity index (χ1n) is 21.2. The summed E-state index contributed by atoms with van der Waals surface area (Å²) >= 11 is 15.8. The lowest BCUT2D eigenvalue weighted by molar-refractivity contribution is 0.153. The van der Waals surface area contributed by atoms with Crippen molar-refractivity contribution in [3.05, 3.63) is 188 Å². The highest BCUT2D eigenvalue weighted by Crippen LogP contribution is 2.45. The van der Waals surface area contributed by atoms with Gasteiger partial charge in [0.1, 0.15) is 11.2 Å². The first-order valence-corrected chi connectivity index (χ1v) is 27.8. The highest BCUT2D eigenvalue weighted by molar-refractivity contribution is 9.10. The molecule has 0 saturated heterocycles. The molecule has 0 aliphatic heterocycles. The van der Waals surface area contributed by atoms with Crippen molar-refractivity contribution in [2.75, 3.05) is 0 Å². The molecular formula is C51H63BrCl2O2Si2. The predicted molar refractivity (Wildman–Crippen MR) is 259 cm³/mol. The van der Waals surface area contributed by atoms with Crippen LogP contribution in [0.25, 0.3) is 0 Å². The lowest BCUT2D eigenvalue weighted by Crippen LogP contribution is -2.45. The van der Waals surface area contributed by atoms with E-state index in [9.17, 15) is 0 Å². The lowest BCUT2D eigenvalue weighted by Gasteiger charge is -2.42. The monoisotopic (exact) mass is 912 g/mol. The Bertz CT molecular complexity index is 1870. The molecule has 0 bridgehead atoms. The summed E-state index contributed by atoms with van der Waals surface area (Å²) in [5.41, 5.74) is 4.76. The summed E-state index contributed by atoms with van der Waals surface area (Å²) < 4.78 is 15.3. The third-order valence-corrected chi connectivity index (χ3v) is 23.4. The minimum atomic E-state index is -1.84. The van der Waals surface area contributed by atoms with Crippen LogP contribution in [-0.4, -0.2) is 16.6 Å². The Morgan fingerprint density at radius 3 is 1.00 bits per heavy atom. The Hall–Kier alpha value is -2.75. The van der Waals surface area contributed by atoms with E-state index >= 15 is 0 Å². The standard InChI is InChI=1S/C26H33ClOSi.C25H30BrClOSi/c1-6-29(7-2,8-3)28-26(23-11-9-21(4)10-12-23)19-17-25(5,18-20-26)22-13-15-24(27)16-14-22;1-5-29(6-2,7-3)28-25(21-8-12-22(26)13-9-21)18-16-24(4,17-19-25)20-10-14-23(27)15-11-20/h9-20H,6-8H2,1-5H3;8-19H,5-7H2,1-4H3. The van der Waals surface area contributed by atoms with Gasteiger partial charge < -0.3 is 8.85 Å². The Morgan fingerprint density at radius 2 is 0.707 bits per heavy atom. The second kappa shape index (κ2) is 19.3. The molecule has 0 amide bonds. The van der Waals surface area contributed by atoms with Crippen LogP contribution in [-0.2, 0) is 30.9 Å². The maximum absolute atomic E-state index is 7.13. The van der Waals surface area contributed by atoms with E-state index in [1.165, 1.54) is 27.8 Å². The van der Waals surface area contributed by atoms with Crippen LogP contribution < -0.4 is 0 Å². The SMILES string of the molecule is CC[Si](CC)(CC)OC1(c2ccc(Br)cc2)C=CC(C)(c2ccc(Cl)cc2)C=C1.CC[Si](CC)(CC)OC1(c2ccc(C)cc2)C=CC(C)(c2ccc(Cl)cc2)C=C1. The number of allylic oxidation sites excluding steroid dienone is 4. The second-order valence-corrected chi connectivity index (χ2v) is 27.7. The molecule has 0 radical (unpaired) electrons. The molecule has 0 heterocycles. The van der Waals surface area contributed by atoms with Crippen molar-refractivity contribution in [2.24, 2.45) is 0 Å². The fourth-order valence-electron chi connectivity index (χ4n) is 8.23.